The van der Waals surface area contributed by atoms with Gasteiger partial charge in [-0.1, -0.05) is 12.5 Å². The van der Waals surface area contributed by atoms with Gasteiger partial charge in [-0.3, -0.25) is 0 Å². The molecule has 20 heavy (non-hydrogen) atoms. The molecule has 2 N–H and O–H groups in total. The Kier molecular flexibility index (Phi) is 5.68. The first kappa shape index (κ1) is 15.1. The molecule has 1 unspecified atom stereocenters. The highest BCUT2D eigenvalue weighted by atomic mass is 16.5. The molecule has 0 saturated carbocycles. The Bertz CT molecular complexity index is 423. The molecule has 0 bridgehead atoms. The summed E-state index contributed by atoms with van der Waals surface area (Å²) < 4.78 is 11.2. The monoisotopic (exact) mass is 278 g/mol. The number of hydrogen-bond acceptors (Lipinski definition) is 4. The minimum absolute atomic E-state index is 0.520. The van der Waals surface area contributed by atoms with Gasteiger partial charge in [-0.25, -0.2) is 0 Å². The van der Waals surface area contributed by atoms with Crippen molar-refractivity contribution in [3.8, 4) is 11.5 Å². The lowest BCUT2D eigenvalue weighted by Gasteiger charge is -2.32. The molecule has 0 aromatic heterocycles. The van der Waals surface area contributed by atoms with Crippen molar-refractivity contribution < 1.29 is 9.47 Å². The molecule has 4 heteroatoms. The largest absolute Gasteiger partial charge is 0.493 e. The lowest BCUT2D eigenvalue weighted by atomic mass is 10.0. The van der Waals surface area contributed by atoms with Crippen molar-refractivity contribution in [1.82, 2.24) is 4.90 Å². The zero-order valence-corrected chi connectivity index (χ0v) is 12.6. The molecular formula is C16H26N2O2. The van der Waals surface area contributed by atoms with E-state index in [0.717, 1.165) is 30.1 Å². The van der Waals surface area contributed by atoms with Crippen LogP contribution in [0.1, 0.15) is 31.2 Å². The predicted octanol–water partition coefficient (Wildman–Crippen LogP) is 2.41. The van der Waals surface area contributed by atoms with Crippen LogP contribution >= 0.6 is 0 Å². The van der Waals surface area contributed by atoms with Crippen LogP contribution < -0.4 is 15.2 Å². The van der Waals surface area contributed by atoms with Crippen molar-refractivity contribution in [3.05, 3.63) is 23.8 Å². The summed E-state index contributed by atoms with van der Waals surface area (Å²) in [6.07, 6.45) is 4.99. The minimum Gasteiger partial charge on any atom is -0.493 e. The number of benzene rings is 1. The molecule has 0 spiro atoms. The number of ether oxygens (including phenoxy) is 2. The fourth-order valence-electron chi connectivity index (χ4n) is 2.77. The lowest BCUT2D eigenvalue weighted by molar-refractivity contribution is 0.152. The molecule has 112 valence electrons. The summed E-state index contributed by atoms with van der Waals surface area (Å²) in [7, 11) is 3.87. The third-order valence-electron chi connectivity index (χ3n) is 4.09. The molecule has 0 amide bonds. The predicted molar refractivity (Wildman–Crippen MR) is 81.3 cm³/mol. The highest BCUT2D eigenvalue weighted by Gasteiger charge is 2.18. The van der Waals surface area contributed by atoms with Gasteiger partial charge < -0.3 is 20.1 Å². The van der Waals surface area contributed by atoms with Crippen molar-refractivity contribution in [2.45, 2.75) is 38.3 Å². The second-order valence-corrected chi connectivity index (χ2v) is 5.46. The quantitative estimate of drug-likeness (QED) is 0.868. The number of nitrogens with two attached hydrogens (primary N) is 1. The van der Waals surface area contributed by atoms with Crippen LogP contribution in [0.15, 0.2) is 18.2 Å². The van der Waals surface area contributed by atoms with E-state index in [-0.39, 0.29) is 0 Å². The maximum atomic E-state index is 5.91. The molecule has 2 rings (SSSR count). The van der Waals surface area contributed by atoms with Crippen LogP contribution in [0.2, 0.25) is 0 Å². The van der Waals surface area contributed by atoms with E-state index in [1.165, 1.54) is 25.8 Å². The van der Waals surface area contributed by atoms with E-state index in [9.17, 15) is 0 Å². The average molecular weight is 278 g/mol. The van der Waals surface area contributed by atoms with Gasteiger partial charge in [0.15, 0.2) is 11.5 Å². The Morgan fingerprint density at radius 2 is 2.15 bits per heavy atom. The van der Waals surface area contributed by atoms with Crippen LogP contribution in [0.25, 0.3) is 0 Å². The van der Waals surface area contributed by atoms with Gasteiger partial charge in [-0.15, -0.1) is 0 Å². The summed E-state index contributed by atoms with van der Waals surface area (Å²) in [4.78, 5) is 2.44. The molecular weight excluding hydrogens is 252 g/mol. The summed E-state index contributed by atoms with van der Waals surface area (Å²) >= 11 is 0. The molecule has 1 saturated heterocycles. The maximum absolute atomic E-state index is 5.91. The van der Waals surface area contributed by atoms with Gasteiger partial charge in [0.25, 0.3) is 0 Å². The van der Waals surface area contributed by atoms with Crippen LogP contribution in [0.3, 0.4) is 0 Å². The van der Waals surface area contributed by atoms with Gasteiger partial charge in [0, 0.05) is 12.6 Å². The first-order valence-corrected chi connectivity index (χ1v) is 7.44. The normalized spacial score (nSPS) is 19.9. The molecule has 1 heterocycles. The van der Waals surface area contributed by atoms with Crippen LogP contribution in [-0.4, -0.2) is 38.3 Å². The lowest BCUT2D eigenvalue weighted by Crippen LogP contribution is -2.37. The van der Waals surface area contributed by atoms with Gasteiger partial charge in [-0.2, -0.15) is 0 Å². The first-order valence-electron chi connectivity index (χ1n) is 7.44. The van der Waals surface area contributed by atoms with E-state index in [4.69, 9.17) is 15.2 Å². The molecule has 4 nitrogen and oxygen atoms in total. The van der Waals surface area contributed by atoms with Gasteiger partial charge in [-0.05, 0) is 50.6 Å². The Morgan fingerprint density at radius 1 is 1.30 bits per heavy atom. The number of hydrogen-bond donors (Lipinski definition) is 1. The minimum atomic E-state index is 0.520. The molecule has 0 radical (unpaired) electrons. The fraction of sp³-hybridized carbons (Fsp3) is 0.625. The number of methoxy groups -OCH3 is 1. The SMILES string of the molecule is COc1ccc(CN)cc1OCCC1CCCCN1C. The summed E-state index contributed by atoms with van der Waals surface area (Å²) in [5, 5.41) is 0. The molecule has 1 atom stereocenters. The average Bonchev–Trinajstić information content (AvgIpc) is 2.49. The van der Waals surface area contributed by atoms with Crippen LogP contribution in [0, 0.1) is 0 Å². The summed E-state index contributed by atoms with van der Waals surface area (Å²) in [5.74, 6) is 1.58. The van der Waals surface area contributed by atoms with Crippen molar-refractivity contribution in [1.29, 1.82) is 0 Å². The van der Waals surface area contributed by atoms with Crippen molar-refractivity contribution in [2.75, 3.05) is 27.3 Å². The number of likely N-dealkylation sites (tertiary alicyclic amines) is 1. The van der Waals surface area contributed by atoms with Crippen LogP contribution in [0.4, 0.5) is 0 Å². The first-order chi connectivity index (χ1) is 9.74. The van der Waals surface area contributed by atoms with E-state index >= 15 is 0 Å². The second kappa shape index (κ2) is 7.50. The highest BCUT2D eigenvalue weighted by molar-refractivity contribution is 5.42. The van der Waals surface area contributed by atoms with E-state index in [2.05, 4.69) is 11.9 Å². The number of piperidine rings is 1. The maximum Gasteiger partial charge on any atom is 0.161 e. The number of nitrogens with zero attached hydrogens (tertiary/aromatic N) is 1. The van der Waals surface area contributed by atoms with E-state index in [1.54, 1.807) is 7.11 Å². The van der Waals surface area contributed by atoms with Crippen molar-refractivity contribution in [3.63, 3.8) is 0 Å². The van der Waals surface area contributed by atoms with E-state index in [1.807, 2.05) is 18.2 Å². The van der Waals surface area contributed by atoms with Gasteiger partial charge in [0.05, 0.1) is 13.7 Å². The van der Waals surface area contributed by atoms with E-state index < -0.39 is 0 Å². The Balaban J connectivity index is 1.89. The number of rotatable bonds is 6. The van der Waals surface area contributed by atoms with Crippen molar-refractivity contribution in [2.24, 2.45) is 5.73 Å². The van der Waals surface area contributed by atoms with Crippen molar-refractivity contribution >= 4 is 0 Å². The van der Waals surface area contributed by atoms with Crippen LogP contribution in [0.5, 0.6) is 11.5 Å². The van der Waals surface area contributed by atoms with Gasteiger partial charge in [0.1, 0.15) is 0 Å². The Hall–Kier alpha value is -1.26. The fourth-order valence-corrected chi connectivity index (χ4v) is 2.77. The Morgan fingerprint density at radius 3 is 2.85 bits per heavy atom. The smallest absolute Gasteiger partial charge is 0.161 e. The van der Waals surface area contributed by atoms with Gasteiger partial charge >= 0.3 is 0 Å². The second-order valence-electron chi connectivity index (χ2n) is 5.46. The summed E-state index contributed by atoms with van der Waals surface area (Å²) in [6.45, 7) is 2.45. The summed E-state index contributed by atoms with van der Waals surface area (Å²) in [5.41, 5.74) is 6.74. The zero-order valence-electron chi connectivity index (χ0n) is 12.6. The topological polar surface area (TPSA) is 47.7 Å². The van der Waals surface area contributed by atoms with Gasteiger partial charge in [0.2, 0.25) is 0 Å². The highest BCUT2D eigenvalue weighted by Crippen LogP contribution is 2.28. The third kappa shape index (κ3) is 3.87. The Labute approximate surface area is 121 Å². The standard InChI is InChI=1S/C16H26N2O2/c1-18-9-4-3-5-14(18)8-10-20-16-11-13(12-17)6-7-15(16)19-2/h6-7,11,14H,3-5,8-10,12,17H2,1-2H3. The molecule has 1 fully saturated rings. The summed E-state index contributed by atoms with van der Waals surface area (Å²) in [6, 6.07) is 6.52. The van der Waals surface area contributed by atoms with Crippen LogP contribution in [-0.2, 0) is 6.54 Å². The third-order valence-corrected chi connectivity index (χ3v) is 4.09. The van der Waals surface area contributed by atoms with E-state index in [0.29, 0.717) is 12.6 Å². The zero-order chi connectivity index (χ0) is 14.4. The molecule has 1 aliphatic rings. The molecule has 1 aliphatic heterocycles. The molecule has 0 aliphatic carbocycles. The molecule has 1 aromatic rings. The molecule has 1 aromatic carbocycles.